The van der Waals surface area contributed by atoms with Gasteiger partial charge in [0.25, 0.3) is 5.91 Å². The molecule has 0 atom stereocenters. The molecular formula is C20H15NO4. The highest BCUT2D eigenvalue weighted by Gasteiger charge is 2.13. The van der Waals surface area contributed by atoms with Crippen molar-refractivity contribution in [3.63, 3.8) is 0 Å². The molecule has 5 nitrogen and oxygen atoms in total. The van der Waals surface area contributed by atoms with Crippen molar-refractivity contribution in [3.8, 4) is 16.9 Å². The molecule has 2 aromatic heterocycles. The second kappa shape index (κ2) is 6.20. The molecule has 2 heterocycles. The van der Waals surface area contributed by atoms with Gasteiger partial charge in [-0.1, -0.05) is 24.3 Å². The van der Waals surface area contributed by atoms with E-state index in [2.05, 4.69) is 5.32 Å². The van der Waals surface area contributed by atoms with Crippen LogP contribution in [-0.4, -0.2) is 11.0 Å². The van der Waals surface area contributed by atoms with Crippen LogP contribution in [0.25, 0.3) is 22.1 Å². The summed E-state index contributed by atoms with van der Waals surface area (Å²) in [6, 6.07) is 16.0. The number of rotatable bonds is 4. The molecule has 0 aliphatic heterocycles. The number of hydrogen-bond donors (Lipinski definition) is 2. The van der Waals surface area contributed by atoms with Crippen molar-refractivity contribution in [2.75, 3.05) is 0 Å². The van der Waals surface area contributed by atoms with Crippen LogP contribution < -0.4 is 5.32 Å². The van der Waals surface area contributed by atoms with E-state index in [1.165, 1.54) is 0 Å². The predicted molar refractivity (Wildman–Crippen MR) is 93.2 cm³/mol. The quantitative estimate of drug-likeness (QED) is 0.583. The number of hydrogen-bond acceptors (Lipinski definition) is 4. The third-order valence-electron chi connectivity index (χ3n) is 3.99. The molecule has 0 radical (unpaired) electrons. The normalized spacial score (nSPS) is 10.9. The Bertz CT molecular complexity index is 1010. The Morgan fingerprint density at radius 1 is 1.00 bits per heavy atom. The number of amides is 1. The molecule has 4 aromatic rings. The average Bonchev–Trinajstić information content (AvgIpc) is 3.29. The van der Waals surface area contributed by atoms with Crippen LogP contribution in [0.5, 0.6) is 5.75 Å². The van der Waals surface area contributed by atoms with Crippen molar-refractivity contribution in [3.05, 3.63) is 78.4 Å². The van der Waals surface area contributed by atoms with E-state index in [9.17, 15) is 9.90 Å². The van der Waals surface area contributed by atoms with E-state index in [1.807, 2.05) is 24.3 Å². The van der Waals surface area contributed by atoms with Crippen molar-refractivity contribution in [2.45, 2.75) is 6.54 Å². The lowest BCUT2D eigenvalue weighted by Crippen LogP contribution is -2.22. The molecule has 0 spiro atoms. The van der Waals surface area contributed by atoms with E-state index in [1.54, 1.807) is 42.9 Å². The zero-order chi connectivity index (χ0) is 17.2. The molecule has 0 aliphatic carbocycles. The maximum absolute atomic E-state index is 12.3. The van der Waals surface area contributed by atoms with Crippen molar-refractivity contribution in [1.82, 2.24) is 5.32 Å². The Kier molecular flexibility index (Phi) is 3.74. The molecule has 124 valence electrons. The van der Waals surface area contributed by atoms with E-state index in [0.717, 1.165) is 22.1 Å². The highest BCUT2D eigenvalue weighted by Crippen LogP contribution is 2.27. The average molecular weight is 333 g/mol. The first-order chi connectivity index (χ1) is 12.2. The summed E-state index contributed by atoms with van der Waals surface area (Å²) in [7, 11) is 0. The minimum atomic E-state index is -0.283. The number of phenols is 1. The number of carbonyl (C=O) groups is 1. The van der Waals surface area contributed by atoms with Gasteiger partial charge in [0, 0.05) is 17.5 Å². The molecule has 0 bridgehead atoms. The van der Waals surface area contributed by atoms with Gasteiger partial charge in [0.05, 0.1) is 12.5 Å². The molecule has 5 heteroatoms. The summed E-state index contributed by atoms with van der Waals surface area (Å²) in [4.78, 5) is 12.3. The second-order valence-corrected chi connectivity index (χ2v) is 5.72. The van der Waals surface area contributed by atoms with Crippen LogP contribution in [0.3, 0.4) is 0 Å². The molecule has 0 unspecified atom stereocenters. The minimum Gasteiger partial charge on any atom is -0.508 e. The third-order valence-corrected chi connectivity index (χ3v) is 3.99. The highest BCUT2D eigenvalue weighted by atomic mass is 16.3. The Morgan fingerprint density at radius 2 is 1.84 bits per heavy atom. The van der Waals surface area contributed by atoms with Gasteiger partial charge < -0.3 is 19.3 Å². The summed E-state index contributed by atoms with van der Waals surface area (Å²) in [5.74, 6) is 0.174. The lowest BCUT2D eigenvalue weighted by molar-refractivity contribution is 0.0925. The van der Waals surface area contributed by atoms with Gasteiger partial charge in [-0.3, -0.25) is 4.79 Å². The Balaban J connectivity index is 1.52. The number of fused-ring (bicyclic) bond motifs is 1. The van der Waals surface area contributed by atoms with E-state index in [-0.39, 0.29) is 17.4 Å². The Labute approximate surface area is 143 Å². The van der Waals surface area contributed by atoms with Crippen LogP contribution in [0.1, 0.15) is 16.1 Å². The second-order valence-electron chi connectivity index (χ2n) is 5.72. The fraction of sp³-hybridized carbons (Fsp3) is 0.0500. The monoisotopic (exact) mass is 333 g/mol. The van der Waals surface area contributed by atoms with Gasteiger partial charge in [-0.05, 0) is 41.5 Å². The number of carbonyl (C=O) groups excluding carboxylic acids is 1. The lowest BCUT2D eigenvalue weighted by Gasteiger charge is -2.03. The van der Waals surface area contributed by atoms with Crippen molar-refractivity contribution in [2.24, 2.45) is 0 Å². The number of phenolic OH excluding ortho intramolecular Hbond substituents is 1. The fourth-order valence-corrected chi connectivity index (χ4v) is 2.63. The van der Waals surface area contributed by atoms with E-state index in [4.69, 9.17) is 8.83 Å². The van der Waals surface area contributed by atoms with Crippen LogP contribution in [0.2, 0.25) is 0 Å². The molecule has 1 amide bonds. The van der Waals surface area contributed by atoms with Gasteiger partial charge in [0.1, 0.15) is 11.3 Å². The summed E-state index contributed by atoms with van der Waals surface area (Å²) in [6.07, 6.45) is 3.28. The van der Waals surface area contributed by atoms with E-state index in [0.29, 0.717) is 12.1 Å². The number of aromatic hydroxyl groups is 1. The molecule has 0 fully saturated rings. The van der Waals surface area contributed by atoms with Gasteiger partial charge in [-0.25, -0.2) is 0 Å². The maximum atomic E-state index is 12.3. The summed E-state index contributed by atoms with van der Waals surface area (Å²) >= 11 is 0. The number of benzene rings is 2. The number of nitrogens with one attached hydrogen (secondary N) is 1. The zero-order valence-electron chi connectivity index (χ0n) is 13.2. The molecule has 4 rings (SSSR count). The Morgan fingerprint density at radius 3 is 2.60 bits per heavy atom. The maximum Gasteiger partial charge on any atom is 0.287 e. The van der Waals surface area contributed by atoms with E-state index >= 15 is 0 Å². The van der Waals surface area contributed by atoms with Gasteiger partial charge in [0.15, 0.2) is 5.76 Å². The summed E-state index contributed by atoms with van der Waals surface area (Å²) in [5, 5.41) is 12.9. The van der Waals surface area contributed by atoms with Crippen molar-refractivity contribution >= 4 is 16.9 Å². The van der Waals surface area contributed by atoms with Gasteiger partial charge in [0.2, 0.25) is 0 Å². The highest BCUT2D eigenvalue weighted by molar-refractivity contribution is 5.96. The Hall–Kier alpha value is -3.47. The van der Waals surface area contributed by atoms with Crippen LogP contribution in [0.15, 0.2) is 76.0 Å². The molecule has 25 heavy (non-hydrogen) atoms. The topological polar surface area (TPSA) is 75.6 Å². The van der Waals surface area contributed by atoms with Crippen LogP contribution in [0, 0.1) is 0 Å². The largest absolute Gasteiger partial charge is 0.508 e. The summed E-state index contributed by atoms with van der Waals surface area (Å²) in [5.41, 5.74) is 3.46. The first kappa shape index (κ1) is 15.1. The minimum absolute atomic E-state index is 0.195. The molecule has 2 aromatic carbocycles. The zero-order valence-corrected chi connectivity index (χ0v) is 13.2. The lowest BCUT2D eigenvalue weighted by atomic mass is 10.1. The summed E-state index contributed by atoms with van der Waals surface area (Å²) < 4.78 is 10.8. The standard InChI is InChI=1S/C20H15NO4/c22-17-5-1-13(2-6-17)11-21-20(23)19-10-15-4-3-14(9-18(15)25-19)16-7-8-24-12-16/h1-10,12,22H,11H2,(H,21,23). The van der Waals surface area contributed by atoms with Crippen molar-refractivity contribution < 1.29 is 18.7 Å². The van der Waals surface area contributed by atoms with E-state index < -0.39 is 0 Å². The van der Waals surface area contributed by atoms with Crippen LogP contribution in [0.4, 0.5) is 0 Å². The van der Waals surface area contributed by atoms with Gasteiger partial charge in [-0.2, -0.15) is 0 Å². The van der Waals surface area contributed by atoms with Crippen LogP contribution >= 0.6 is 0 Å². The molecule has 2 N–H and O–H groups in total. The molecular weight excluding hydrogens is 318 g/mol. The fourth-order valence-electron chi connectivity index (χ4n) is 2.63. The van der Waals surface area contributed by atoms with Crippen molar-refractivity contribution in [1.29, 1.82) is 0 Å². The van der Waals surface area contributed by atoms with Gasteiger partial charge >= 0.3 is 0 Å². The molecule has 0 aliphatic rings. The predicted octanol–water partition coefficient (Wildman–Crippen LogP) is 4.33. The first-order valence-corrected chi connectivity index (χ1v) is 7.81. The number of furan rings is 2. The molecule has 0 saturated carbocycles. The molecule has 0 saturated heterocycles. The smallest absolute Gasteiger partial charge is 0.287 e. The third kappa shape index (κ3) is 3.12. The van der Waals surface area contributed by atoms with Gasteiger partial charge in [-0.15, -0.1) is 0 Å². The van der Waals surface area contributed by atoms with Crippen LogP contribution in [-0.2, 0) is 6.54 Å². The summed E-state index contributed by atoms with van der Waals surface area (Å²) in [6.45, 7) is 0.358. The first-order valence-electron chi connectivity index (χ1n) is 7.81. The SMILES string of the molecule is O=C(NCc1ccc(O)cc1)c1cc2ccc(-c3ccoc3)cc2o1.